The second kappa shape index (κ2) is 9.63. The van der Waals surface area contributed by atoms with Crippen LogP contribution in [0.5, 0.6) is 0 Å². The van der Waals surface area contributed by atoms with Crippen LogP contribution >= 0.6 is 22.9 Å². The van der Waals surface area contributed by atoms with Crippen LogP contribution in [0.3, 0.4) is 0 Å². The Morgan fingerprint density at radius 2 is 2.11 bits per heavy atom. The summed E-state index contributed by atoms with van der Waals surface area (Å²) in [5.74, 6) is 1.52. The second-order valence-corrected chi connectivity index (χ2v) is 11.0. The Kier molecular flexibility index (Phi) is 6.56. The van der Waals surface area contributed by atoms with Crippen molar-refractivity contribution in [3.05, 3.63) is 45.5 Å². The van der Waals surface area contributed by atoms with Crippen molar-refractivity contribution in [2.24, 2.45) is 5.92 Å². The molecule has 10 nitrogen and oxygen atoms in total. The lowest BCUT2D eigenvalue weighted by atomic mass is 9.87. The zero-order valence-corrected chi connectivity index (χ0v) is 21.3. The summed E-state index contributed by atoms with van der Waals surface area (Å²) in [6.07, 6.45) is 7.12. The smallest absolute Gasteiger partial charge is 0.280 e. The molecule has 0 radical (unpaired) electrons. The lowest BCUT2D eigenvalue weighted by molar-refractivity contribution is 0.0402. The number of thiazole rings is 1. The van der Waals surface area contributed by atoms with Crippen LogP contribution in [-0.2, 0) is 6.42 Å². The van der Waals surface area contributed by atoms with Gasteiger partial charge in [0.05, 0.1) is 48.0 Å². The maximum absolute atomic E-state index is 12.7. The highest BCUT2D eigenvalue weighted by molar-refractivity contribution is 7.17. The Morgan fingerprint density at radius 3 is 2.80 bits per heavy atom. The average Bonchev–Trinajstić information content (AvgIpc) is 3.53. The summed E-state index contributed by atoms with van der Waals surface area (Å²) in [5.41, 5.74) is 2.41. The Labute approximate surface area is 211 Å². The fourth-order valence-electron chi connectivity index (χ4n) is 4.66. The number of pyridine rings is 1. The van der Waals surface area contributed by atoms with Crippen molar-refractivity contribution < 1.29 is 9.90 Å². The Balaban J connectivity index is 1.51. The molecule has 4 heterocycles. The predicted octanol–water partition coefficient (Wildman–Crippen LogP) is 3.51. The minimum Gasteiger partial charge on any atom is -0.389 e. The molecule has 0 unspecified atom stereocenters. The predicted molar refractivity (Wildman–Crippen MR) is 133 cm³/mol. The number of aromatic nitrogens is 7. The summed E-state index contributed by atoms with van der Waals surface area (Å²) in [5, 5.41) is 23.4. The molecule has 0 aromatic carbocycles. The molecule has 5 rings (SSSR count). The highest BCUT2D eigenvalue weighted by Gasteiger charge is 2.36. The Hall–Kier alpha value is -2.89. The molecule has 184 valence electrons. The lowest BCUT2D eigenvalue weighted by Crippen LogP contribution is -2.49. The summed E-state index contributed by atoms with van der Waals surface area (Å²) >= 11 is 7.06. The van der Waals surface area contributed by atoms with E-state index in [9.17, 15) is 9.90 Å². The second-order valence-electron chi connectivity index (χ2n) is 9.34. The van der Waals surface area contributed by atoms with Gasteiger partial charge in [0.1, 0.15) is 15.7 Å². The molecule has 4 aromatic heterocycles. The molecule has 12 heteroatoms. The van der Waals surface area contributed by atoms with Crippen LogP contribution in [-0.4, -0.2) is 57.7 Å². The average molecular weight is 515 g/mol. The number of imidazole rings is 1. The van der Waals surface area contributed by atoms with E-state index in [0.29, 0.717) is 22.5 Å². The Bertz CT molecular complexity index is 1360. The number of aryl methyl sites for hydroxylation is 1. The van der Waals surface area contributed by atoms with E-state index in [1.807, 2.05) is 13.0 Å². The first-order valence-electron chi connectivity index (χ1n) is 11.7. The summed E-state index contributed by atoms with van der Waals surface area (Å²) in [6, 6.07) is 1.25. The van der Waals surface area contributed by atoms with Crippen LogP contribution in [0.25, 0.3) is 16.9 Å². The third-order valence-corrected chi connectivity index (χ3v) is 7.29. The van der Waals surface area contributed by atoms with Gasteiger partial charge in [-0.3, -0.25) is 4.79 Å². The van der Waals surface area contributed by atoms with Crippen LogP contribution in [0.4, 0.5) is 0 Å². The maximum atomic E-state index is 12.7. The first kappa shape index (κ1) is 23.8. The quantitative estimate of drug-likeness (QED) is 0.403. The maximum Gasteiger partial charge on any atom is 0.280 e. The fraction of sp³-hybridized carbons (Fsp3) is 0.478. The summed E-state index contributed by atoms with van der Waals surface area (Å²) in [6.45, 7) is 6.16. The summed E-state index contributed by atoms with van der Waals surface area (Å²) in [7, 11) is 0. The number of halogens is 1. The largest absolute Gasteiger partial charge is 0.389 e. The van der Waals surface area contributed by atoms with Crippen molar-refractivity contribution in [1.82, 2.24) is 39.8 Å². The van der Waals surface area contributed by atoms with Gasteiger partial charge in [-0.05, 0) is 32.1 Å². The number of nitrogens with zero attached hydrogens (tertiary/aromatic N) is 7. The summed E-state index contributed by atoms with van der Waals surface area (Å²) < 4.78 is 2.58. The third-order valence-electron chi connectivity index (χ3n) is 6.18. The van der Waals surface area contributed by atoms with Gasteiger partial charge < -0.3 is 15.0 Å². The number of aliphatic hydroxyl groups excluding tert-OH is 1. The molecular formula is C23H27ClN8O2S. The molecule has 4 aromatic rings. The zero-order chi connectivity index (χ0) is 24.7. The normalized spacial score (nSPS) is 20.6. The van der Waals surface area contributed by atoms with Crippen molar-refractivity contribution in [2.75, 3.05) is 0 Å². The van der Waals surface area contributed by atoms with Crippen molar-refractivity contribution in [2.45, 2.75) is 64.6 Å². The van der Waals surface area contributed by atoms with Gasteiger partial charge in [0.25, 0.3) is 5.91 Å². The molecule has 0 spiro atoms. The first-order chi connectivity index (χ1) is 16.8. The van der Waals surface area contributed by atoms with E-state index < -0.39 is 12.1 Å². The molecular weight excluding hydrogens is 488 g/mol. The van der Waals surface area contributed by atoms with Gasteiger partial charge in [-0.1, -0.05) is 36.8 Å². The number of carbonyl (C=O) groups is 1. The van der Waals surface area contributed by atoms with Gasteiger partial charge >= 0.3 is 0 Å². The molecule has 1 fully saturated rings. The first-order valence-corrected chi connectivity index (χ1v) is 12.9. The zero-order valence-electron chi connectivity index (χ0n) is 19.7. The van der Waals surface area contributed by atoms with E-state index in [4.69, 9.17) is 16.6 Å². The van der Waals surface area contributed by atoms with Gasteiger partial charge in [0, 0.05) is 12.5 Å². The minimum absolute atomic E-state index is 0.254. The molecule has 0 bridgehead atoms. The summed E-state index contributed by atoms with van der Waals surface area (Å²) in [4.78, 5) is 27.6. The van der Waals surface area contributed by atoms with Crippen molar-refractivity contribution in [3.8, 4) is 5.82 Å². The highest BCUT2D eigenvalue weighted by atomic mass is 35.5. The molecule has 0 saturated heterocycles. The molecule has 1 aliphatic rings. The number of aliphatic hydroxyl groups is 1. The van der Waals surface area contributed by atoms with Gasteiger partial charge in [0.2, 0.25) is 0 Å². The van der Waals surface area contributed by atoms with Crippen LogP contribution in [0.2, 0.25) is 4.34 Å². The molecule has 35 heavy (non-hydrogen) atoms. The van der Waals surface area contributed by atoms with Crippen LogP contribution in [0.1, 0.15) is 60.5 Å². The molecule has 1 aliphatic carbocycles. The number of nitrogens with one attached hydrogen (secondary N) is 1. The van der Waals surface area contributed by atoms with E-state index in [1.165, 1.54) is 11.0 Å². The number of rotatable bonds is 6. The van der Waals surface area contributed by atoms with E-state index >= 15 is 0 Å². The molecule has 2 N–H and O–H groups in total. The standard InChI is InChI=1S/C23H27ClN8O2S/c1-12(2)7-20-28-15-10-25-19(32-27-9-13(3)30-32)8-17(15)31(20)16-6-4-5-14(21(16)33)29-22(34)23-26-11-18(24)35-23/h8-12,14,16,21,33H,4-7H2,1-3H3,(H,29,34)/t14-,16+,21+/m0/s1. The van der Waals surface area contributed by atoms with E-state index in [1.54, 1.807) is 12.4 Å². The van der Waals surface area contributed by atoms with Gasteiger partial charge in [-0.25, -0.2) is 15.0 Å². The van der Waals surface area contributed by atoms with Crippen LogP contribution < -0.4 is 5.32 Å². The monoisotopic (exact) mass is 514 g/mol. The van der Waals surface area contributed by atoms with Crippen LogP contribution in [0.15, 0.2) is 24.7 Å². The molecule has 1 amide bonds. The fourth-order valence-corrected chi connectivity index (χ4v) is 5.48. The van der Waals surface area contributed by atoms with E-state index in [-0.39, 0.29) is 17.0 Å². The molecule has 3 atom stereocenters. The number of amides is 1. The minimum atomic E-state index is -0.798. The van der Waals surface area contributed by atoms with Gasteiger partial charge in [-0.15, -0.1) is 4.80 Å². The van der Waals surface area contributed by atoms with Crippen molar-refractivity contribution >= 4 is 39.9 Å². The van der Waals surface area contributed by atoms with Crippen molar-refractivity contribution in [1.29, 1.82) is 0 Å². The topological polar surface area (TPSA) is 124 Å². The van der Waals surface area contributed by atoms with Crippen molar-refractivity contribution in [3.63, 3.8) is 0 Å². The number of hydrogen-bond donors (Lipinski definition) is 2. The SMILES string of the molecule is Cc1cnn(-c2cc3c(cn2)nc(CC(C)C)n3[C@@H]2CCC[C@H](NC(=O)c3ncc(Cl)s3)[C@H]2O)n1. The number of carbonyl (C=O) groups excluding carboxylic acids is 1. The molecule has 1 saturated carbocycles. The van der Waals surface area contributed by atoms with E-state index in [2.05, 4.69) is 43.9 Å². The van der Waals surface area contributed by atoms with Crippen LogP contribution in [0, 0.1) is 12.8 Å². The number of fused-ring (bicyclic) bond motifs is 1. The third kappa shape index (κ3) is 4.80. The van der Waals surface area contributed by atoms with Gasteiger partial charge in [-0.2, -0.15) is 10.2 Å². The van der Waals surface area contributed by atoms with E-state index in [0.717, 1.165) is 53.2 Å². The Morgan fingerprint density at radius 1 is 1.29 bits per heavy atom. The lowest BCUT2D eigenvalue weighted by Gasteiger charge is -2.37. The number of hydrogen-bond acceptors (Lipinski definition) is 8. The highest BCUT2D eigenvalue weighted by Crippen LogP contribution is 2.34. The molecule has 0 aliphatic heterocycles. The van der Waals surface area contributed by atoms with Gasteiger partial charge in [0.15, 0.2) is 10.8 Å².